The SMILES string of the molecule is CCNC(=NCc1sc(C)nc1C)NCC(c1cccc(OC)c1)N1CCCC1. The zero-order valence-corrected chi connectivity index (χ0v) is 18.8. The molecule has 1 unspecified atom stereocenters. The maximum Gasteiger partial charge on any atom is 0.191 e. The summed E-state index contributed by atoms with van der Waals surface area (Å²) in [4.78, 5) is 13.1. The van der Waals surface area contributed by atoms with Crippen molar-refractivity contribution in [3.05, 3.63) is 45.4 Å². The Kier molecular flexibility index (Phi) is 7.89. The van der Waals surface area contributed by atoms with Crippen LogP contribution in [0.3, 0.4) is 0 Å². The topological polar surface area (TPSA) is 61.8 Å². The van der Waals surface area contributed by atoms with Crippen molar-refractivity contribution in [1.29, 1.82) is 0 Å². The summed E-state index contributed by atoms with van der Waals surface area (Å²) in [6.07, 6.45) is 2.53. The quantitative estimate of drug-likeness (QED) is 0.509. The summed E-state index contributed by atoms with van der Waals surface area (Å²) in [5, 5.41) is 8.04. The number of rotatable bonds is 8. The number of ether oxygens (including phenoxy) is 1. The fourth-order valence-electron chi connectivity index (χ4n) is 3.77. The van der Waals surface area contributed by atoms with Gasteiger partial charge in [-0.25, -0.2) is 9.98 Å². The summed E-state index contributed by atoms with van der Waals surface area (Å²) >= 11 is 1.72. The average molecular weight is 416 g/mol. The van der Waals surface area contributed by atoms with Gasteiger partial charge in [-0.15, -0.1) is 11.3 Å². The second-order valence-corrected chi connectivity index (χ2v) is 8.64. The Morgan fingerprint density at radius 3 is 2.72 bits per heavy atom. The fourth-order valence-corrected chi connectivity index (χ4v) is 4.63. The summed E-state index contributed by atoms with van der Waals surface area (Å²) in [6.45, 7) is 10.8. The number of thiazole rings is 1. The van der Waals surface area contributed by atoms with Crippen LogP contribution in [0.15, 0.2) is 29.3 Å². The normalized spacial score (nSPS) is 16.1. The zero-order chi connectivity index (χ0) is 20.6. The molecule has 1 aliphatic heterocycles. The van der Waals surface area contributed by atoms with Gasteiger partial charge in [0.15, 0.2) is 5.96 Å². The minimum Gasteiger partial charge on any atom is -0.497 e. The number of nitrogens with one attached hydrogen (secondary N) is 2. The molecular formula is C22H33N5OS. The zero-order valence-electron chi connectivity index (χ0n) is 18.0. The van der Waals surface area contributed by atoms with Crippen molar-refractivity contribution >= 4 is 17.3 Å². The molecule has 2 aromatic rings. The van der Waals surface area contributed by atoms with Gasteiger partial charge in [0.1, 0.15) is 5.75 Å². The van der Waals surface area contributed by atoms with E-state index in [0.717, 1.165) is 48.6 Å². The van der Waals surface area contributed by atoms with E-state index in [-0.39, 0.29) is 0 Å². The van der Waals surface area contributed by atoms with E-state index in [1.807, 2.05) is 13.0 Å². The molecule has 0 amide bonds. The van der Waals surface area contributed by atoms with E-state index < -0.39 is 0 Å². The number of aromatic nitrogens is 1. The predicted molar refractivity (Wildman–Crippen MR) is 121 cm³/mol. The molecule has 7 heteroatoms. The third-order valence-corrected chi connectivity index (χ3v) is 6.31. The average Bonchev–Trinajstić information content (AvgIpc) is 3.36. The van der Waals surface area contributed by atoms with Gasteiger partial charge in [-0.2, -0.15) is 0 Å². The molecule has 158 valence electrons. The van der Waals surface area contributed by atoms with E-state index in [2.05, 4.69) is 52.6 Å². The van der Waals surface area contributed by atoms with Gasteiger partial charge in [-0.3, -0.25) is 4.90 Å². The Morgan fingerprint density at radius 2 is 2.07 bits per heavy atom. The highest BCUT2D eigenvalue weighted by molar-refractivity contribution is 7.11. The van der Waals surface area contributed by atoms with Crippen molar-refractivity contribution in [2.75, 3.05) is 33.3 Å². The molecule has 0 radical (unpaired) electrons. The third-order valence-electron chi connectivity index (χ3n) is 5.25. The number of aliphatic imine (C=N–C) groups is 1. The van der Waals surface area contributed by atoms with Crippen LogP contribution in [0.2, 0.25) is 0 Å². The Bertz CT molecular complexity index is 813. The Labute approximate surface area is 178 Å². The number of guanidine groups is 1. The van der Waals surface area contributed by atoms with Crippen molar-refractivity contribution in [2.45, 2.75) is 46.2 Å². The van der Waals surface area contributed by atoms with Crippen LogP contribution in [0.25, 0.3) is 0 Å². The summed E-state index contributed by atoms with van der Waals surface area (Å²) in [5.74, 6) is 1.76. The lowest BCUT2D eigenvalue weighted by molar-refractivity contribution is 0.245. The first-order valence-electron chi connectivity index (χ1n) is 10.4. The Balaban J connectivity index is 1.72. The van der Waals surface area contributed by atoms with Crippen LogP contribution in [0.1, 0.15) is 46.9 Å². The van der Waals surface area contributed by atoms with Gasteiger partial charge in [0.25, 0.3) is 0 Å². The van der Waals surface area contributed by atoms with Crippen molar-refractivity contribution in [1.82, 2.24) is 20.5 Å². The lowest BCUT2D eigenvalue weighted by atomic mass is 10.1. The second kappa shape index (κ2) is 10.6. The Hall–Kier alpha value is -2.12. The first-order chi connectivity index (χ1) is 14.1. The van der Waals surface area contributed by atoms with Gasteiger partial charge in [0, 0.05) is 18.0 Å². The minimum atomic E-state index is 0.295. The maximum absolute atomic E-state index is 5.45. The van der Waals surface area contributed by atoms with Gasteiger partial charge in [-0.1, -0.05) is 12.1 Å². The van der Waals surface area contributed by atoms with Crippen molar-refractivity contribution in [2.24, 2.45) is 4.99 Å². The monoisotopic (exact) mass is 415 g/mol. The second-order valence-electron chi connectivity index (χ2n) is 7.35. The van der Waals surface area contributed by atoms with E-state index in [0.29, 0.717) is 12.6 Å². The number of methoxy groups -OCH3 is 1. The standard InChI is InChI=1S/C22H33N5OS/c1-5-23-22(25-15-21-16(2)26-17(3)29-21)24-14-20(27-11-6-7-12-27)18-9-8-10-19(13-18)28-4/h8-10,13,20H,5-7,11-12,14-15H2,1-4H3,(H2,23,24,25). The number of aryl methyl sites for hydroxylation is 2. The molecule has 3 rings (SSSR count). The molecule has 29 heavy (non-hydrogen) atoms. The third kappa shape index (κ3) is 5.93. The molecule has 1 atom stereocenters. The van der Waals surface area contributed by atoms with Crippen LogP contribution >= 0.6 is 11.3 Å². The summed E-state index contributed by atoms with van der Waals surface area (Å²) in [6, 6.07) is 8.72. The first-order valence-corrected chi connectivity index (χ1v) is 11.3. The van der Waals surface area contributed by atoms with E-state index in [4.69, 9.17) is 9.73 Å². The van der Waals surface area contributed by atoms with E-state index >= 15 is 0 Å². The molecule has 1 fully saturated rings. The molecule has 2 heterocycles. The molecule has 1 aromatic carbocycles. The van der Waals surface area contributed by atoms with Crippen LogP contribution in [0.4, 0.5) is 0 Å². The predicted octanol–water partition coefficient (Wildman–Crippen LogP) is 3.66. The van der Waals surface area contributed by atoms with Gasteiger partial charge >= 0.3 is 0 Å². The molecule has 1 aromatic heterocycles. The van der Waals surface area contributed by atoms with Crippen LogP contribution in [0, 0.1) is 13.8 Å². The minimum absolute atomic E-state index is 0.295. The van der Waals surface area contributed by atoms with Gasteiger partial charge < -0.3 is 15.4 Å². The van der Waals surface area contributed by atoms with E-state index in [9.17, 15) is 0 Å². The molecule has 0 saturated carbocycles. The van der Waals surface area contributed by atoms with Crippen molar-refractivity contribution < 1.29 is 4.74 Å². The highest BCUT2D eigenvalue weighted by Crippen LogP contribution is 2.27. The van der Waals surface area contributed by atoms with Gasteiger partial charge in [0.2, 0.25) is 0 Å². The number of benzene rings is 1. The summed E-state index contributed by atoms with van der Waals surface area (Å²) in [5.41, 5.74) is 2.36. The number of hydrogen-bond donors (Lipinski definition) is 2. The highest BCUT2D eigenvalue weighted by Gasteiger charge is 2.24. The Morgan fingerprint density at radius 1 is 1.28 bits per heavy atom. The van der Waals surface area contributed by atoms with Gasteiger partial charge in [-0.05, 0) is 64.4 Å². The highest BCUT2D eigenvalue weighted by atomic mass is 32.1. The summed E-state index contributed by atoms with van der Waals surface area (Å²) < 4.78 is 5.45. The largest absolute Gasteiger partial charge is 0.497 e. The lowest BCUT2D eigenvalue weighted by Gasteiger charge is -2.29. The summed E-state index contributed by atoms with van der Waals surface area (Å²) in [7, 11) is 1.72. The molecule has 0 spiro atoms. The molecule has 2 N–H and O–H groups in total. The number of likely N-dealkylation sites (tertiary alicyclic amines) is 1. The van der Waals surface area contributed by atoms with Gasteiger partial charge in [0.05, 0.1) is 30.4 Å². The van der Waals surface area contributed by atoms with Crippen LogP contribution < -0.4 is 15.4 Å². The van der Waals surface area contributed by atoms with Crippen molar-refractivity contribution in [3.63, 3.8) is 0 Å². The van der Waals surface area contributed by atoms with Crippen molar-refractivity contribution in [3.8, 4) is 5.75 Å². The molecule has 0 aliphatic carbocycles. The number of nitrogens with zero attached hydrogens (tertiary/aromatic N) is 3. The van der Waals surface area contributed by atoms with E-state index in [1.165, 1.54) is 23.3 Å². The molecule has 0 bridgehead atoms. The van der Waals surface area contributed by atoms with Crippen LogP contribution in [0.5, 0.6) is 5.75 Å². The van der Waals surface area contributed by atoms with Crippen LogP contribution in [-0.2, 0) is 6.54 Å². The fraction of sp³-hybridized carbons (Fsp3) is 0.545. The molecule has 6 nitrogen and oxygen atoms in total. The number of hydrogen-bond acceptors (Lipinski definition) is 5. The van der Waals surface area contributed by atoms with E-state index in [1.54, 1.807) is 18.4 Å². The van der Waals surface area contributed by atoms with Crippen LogP contribution in [-0.4, -0.2) is 49.1 Å². The first kappa shape index (κ1) is 21.6. The lowest BCUT2D eigenvalue weighted by Crippen LogP contribution is -2.42. The molecular weight excluding hydrogens is 382 g/mol. The molecule has 1 aliphatic rings. The molecule has 1 saturated heterocycles. The smallest absolute Gasteiger partial charge is 0.191 e. The maximum atomic E-state index is 5.45.